The minimum absolute atomic E-state index is 0.244. The van der Waals surface area contributed by atoms with Crippen LogP contribution in [0.1, 0.15) is 0 Å². The van der Waals surface area contributed by atoms with Crippen molar-refractivity contribution in [1.29, 1.82) is 0 Å². The van der Waals surface area contributed by atoms with Gasteiger partial charge in [-0.1, -0.05) is 0 Å². The van der Waals surface area contributed by atoms with Gasteiger partial charge in [-0.05, 0) is 22.6 Å². The lowest BCUT2D eigenvalue weighted by Gasteiger charge is -2.35. The molecule has 9 heteroatoms. The van der Waals surface area contributed by atoms with Crippen LogP contribution in [0.15, 0.2) is 11.1 Å². The Morgan fingerprint density at radius 1 is 1.61 bits per heavy atom. The molecule has 0 aliphatic carbocycles. The number of aromatic nitrogens is 2. The first-order chi connectivity index (χ1) is 8.41. The van der Waals surface area contributed by atoms with E-state index in [1.807, 2.05) is 22.6 Å². The zero-order valence-electron chi connectivity index (χ0n) is 9.59. The number of aromatic amines is 1. The van der Waals surface area contributed by atoms with Crippen LogP contribution in [-0.2, 0) is 9.84 Å². The van der Waals surface area contributed by atoms with Crippen molar-refractivity contribution in [3.8, 4) is 0 Å². The van der Waals surface area contributed by atoms with Crippen molar-refractivity contribution < 1.29 is 8.42 Å². The van der Waals surface area contributed by atoms with E-state index in [4.69, 9.17) is 0 Å². The molecule has 0 bridgehead atoms. The zero-order valence-corrected chi connectivity index (χ0v) is 13.4. The molecular formula is C9H12IN3O3S2. The van der Waals surface area contributed by atoms with Crippen LogP contribution >= 0.6 is 34.4 Å². The normalized spacial score (nSPS) is 21.0. The lowest BCUT2D eigenvalue weighted by atomic mass is 10.4. The predicted octanol–water partition coefficient (Wildman–Crippen LogP) is 0.298. The van der Waals surface area contributed by atoms with Gasteiger partial charge in [-0.25, -0.2) is 13.4 Å². The van der Waals surface area contributed by atoms with Crippen LogP contribution in [0, 0.1) is 3.57 Å². The van der Waals surface area contributed by atoms with Gasteiger partial charge in [0.05, 0.1) is 6.33 Å². The summed E-state index contributed by atoms with van der Waals surface area (Å²) in [6.07, 6.45) is 2.53. The zero-order chi connectivity index (χ0) is 13.3. The highest BCUT2D eigenvalue weighted by molar-refractivity contribution is 14.1. The average Bonchev–Trinajstić information content (AvgIpc) is 2.32. The monoisotopic (exact) mass is 401 g/mol. The molecule has 0 radical (unpaired) electrons. The molecule has 1 atom stereocenters. The number of hydrogen-bond acceptors (Lipinski definition) is 6. The topological polar surface area (TPSA) is 83.1 Å². The third-order valence-corrected chi connectivity index (χ3v) is 6.24. The first-order valence-electron chi connectivity index (χ1n) is 5.17. The number of hydrogen-bond donors (Lipinski definition) is 1. The Morgan fingerprint density at radius 2 is 2.33 bits per heavy atom. The second-order valence-corrected chi connectivity index (χ2v) is 8.35. The van der Waals surface area contributed by atoms with Crippen molar-refractivity contribution in [2.45, 2.75) is 5.37 Å². The molecule has 1 aliphatic rings. The van der Waals surface area contributed by atoms with Gasteiger partial charge < -0.3 is 9.88 Å². The van der Waals surface area contributed by atoms with Crippen LogP contribution in [0.25, 0.3) is 0 Å². The lowest BCUT2D eigenvalue weighted by Crippen LogP contribution is -2.48. The molecule has 0 amide bonds. The Hall–Kier alpha value is -0.290. The number of H-pyrrole nitrogens is 1. The molecule has 100 valence electrons. The van der Waals surface area contributed by atoms with Gasteiger partial charge in [0.25, 0.3) is 5.56 Å². The van der Waals surface area contributed by atoms with Gasteiger partial charge in [-0.3, -0.25) is 4.79 Å². The quantitative estimate of drug-likeness (QED) is 0.718. The van der Waals surface area contributed by atoms with Crippen molar-refractivity contribution in [2.24, 2.45) is 0 Å². The molecule has 1 aliphatic heterocycles. The van der Waals surface area contributed by atoms with Crippen LogP contribution < -0.4 is 10.5 Å². The van der Waals surface area contributed by atoms with Crippen LogP contribution in [0.5, 0.6) is 0 Å². The fourth-order valence-electron chi connectivity index (χ4n) is 1.75. The number of halogens is 1. The van der Waals surface area contributed by atoms with E-state index in [9.17, 15) is 13.2 Å². The summed E-state index contributed by atoms with van der Waals surface area (Å²) in [5, 5.41) is -0.612. The average molecular weight is 401 g/mol. The van der Waals surface area contributed by atoms with Crippen molar-refractivity contribution in [2.75, 3.05) is 29.2 Å². The van der Waals surface area contributed by atoms with E-state index < -0.39 is 15.2 Å². The minimum Gasteiger partial charge on any atom is -0.337 e. The maximum absolute atomic E-state index is 11.8. The highest BCUT2D eigenvalue weighted by atomic mass is 127. The third-order valence-electron chi connectivity index (χ3n) is 2.63. The molecule has 2 heterocycles. The van der Waals surface area contributed by atoms with Crippen molar-refractivity contribution >= 4 is 50.0 Å². The van der Waals surface area contributed by atoms with Crippen LogP contribution in [-0.4, -0.2) is 48.1 Å². The predicted molar refractivity (Wildman–Crippen MR) is 80.9 cm³/mol. The number of rotatable bonds is 2. The molecule has 1 aromatic rings. The maximum atomic E-state index is 11.8. The van der Waals surface area contributed by atoms with Crippen molar-refractivity contribution in [3.05, 3.63) is 20.3 Å². The van der Waals surface area contributed by atoms with Gasteiger partial charge in [0, 0.05) is 24.3 Å². The largest absolute Gasteiger partial charge is 0.337 e. The lowest BCUT2D eigenvalue weighted by molar-refractivity contribution is 0.583. The number of anilines is 1. The van der Waals surface area contributed by atoms with Crippen LogP contribution in [0.3, 0.4) is 0 Å². The van der Waals surface area contributed by atoms with E-state index in [2.05, 4.69) is 9.97 Å². The molecule has 6 nitrogen and oxygen atoms in total. The number of nitrogens with one attached hydrogen (secondary N) is 1. The van der Waals surface area contributed by atoms with Gasteiger partial charge >= 0.3 is 0 Å². The van der Waals surface area contributed by atoms with E-state index in [0.29, 0.717) is 21.7 Å². The molecule has 1 fully saturated rings. The molecular weight excluding hydrogens is 389 g/mol. The Morgan fingerprint density at radius 3 is 3.00 bits per heavy atom. The summed E-state index contributed by atoms with van der Waals surface area (Å²) in [7, 11) is -3.20. The van der Waals surface area contributed by atoms with Crippen LogP contribution in [0.4, 0.5) is 5.82 Å². The standard InChI is InChI=1S/C9H12IN3O3S2/c1-18(15,16)6-4-17-3-2-13(6)8-7(10)9(14)12-5-11-8/h5-6H,2-4H2,1H3,(H,11,12,14). The highest BCUT2D eigenvalue weighted by Crippen LogP contribution is 2.26. The third kappa shape index (κ3) is 2.82. The Bertz CT molecular complexity index is 601. The van der Waals surface area contributed by atoms with E-state index in [1.165, 1.54) is 12.6 Å². The molecule has 1 unspecified atom stereocenters. The second kappa shape index (κ2) is 5.37. The minimum atomic E-state index is -3.20. The molecule has 0 spiro atoms. The summed E-state index contributed by atoms with van der Waals surface area (Å²) in [5.74, 6) is 1.79. The Kier molecular flexibility index (Phi) is 4.22. The van der Waals surface area contributed by atoms with E-state index >= 15 is 0 Å². The molecule has 0 saturated carbocycles. The summed E-state index contributed by atoms with van der Waals surface area (Å²) < 4.78 is 24.0. The van der Waals surface area contributed by atoms with Crippen molar-refractivity contribution in [3.63, 3.8) is 0 Å². The molecule has 1 aromatic heterocycles. The smallest absolute Gasteiger partial charge is 0.266 e. The Labute approximate surface area is 123 Å². The Balaban J connectivity index is 2.47. The van der Waals surface area contributed by atoms with E-state index in [-0.39, 0.29) is 5.56 Å². The summed E-state index contributed by atoms with van der Waals surface area (Å²) in [5.41, 5.74) is -0.244. The molecule has 1 N–H and O–H groups in total. The van der Waals surface area contributed by atoms with Crippen molar-refractivity contribution in [1.82, 2.24) is 9.97 Å². The number of nitrogens with zero attached hydrogens (tertiary/aromatic N) is 2. The van der Waals surface area contributed by atoms with E-state index in [0.717, 1.165) is 5.75 Å². The van der Waals surface area contributed by atoms with Gasteiger partial charge in [0.15, 0.2) is 15.7 Å². The first kappa shape index (κ1) is 14.1. The van der Waals surface area contributed by atoms with E-state index in [1.54, 1.807) is 16.7 Å². The maximum Gasteiger partial charge on any atom is 0.266 e. The molecule has 2 rings (SSSR count). The molecule has 1 saturated heterocycles. The summed E-state index contributed by atoms with van der Waals surface area (Å²) in [4.78, 5) is 19.9. The highest BCUT2D eigenvalue weighted by Gasteiger charge is 2.33. The van der Waals surface area contributed by atoms with Gasteiger partial charge in [0.2, 0.25) is 0 Å². The van der Waals surface area contributed by atoms with Gasteiger partial charge in [-0.2, -0.15) is 11.8 Å². The fraction of sp³-hybridized carbons (Fsp3) is 0.556. The summed E-state index contributed by atoms with van der Waals surface area (Å²) in [6, 6.07) is 0. The van der Waals surface area contributed by atoms with Crippen LogP contribution in [0.2, 0.25) is 0 Å². The summed E-state index contributed by atoms with van der Waals surface area (Å²) in [6.45, 7) is 0.578. The van der Waals surface area contributed by atoms with Gasteiger partial charge in [-0.15, -0.1) is 0 Å². The second-order valence-electron chi connectivity index (χ2n) is 3.92. The summed E-state index contributed by atoms with van der Waals surface area (Å²) >= 11 is 3.50. The molecule has 0 aromatic carbocycles. The number of thioether (sulfide) groups is 1. The molecule has 18 heavy (non-hydrogen) atoms. The number of sulfone groups is 1. The SMILES string of the molecule is CS(=O)(=O)C1CSCCN1c1nc[nH]c(=O)c1I. The first-order valence-corrected chi connectivity index (χ1v) is 9.36. The fourth-order valence-corrected chi connectivity index (χ4v) is 5.18. The van der Waals surface area contributed by atoms with Gasteiger partial charge in [0.1, 0.15) is 8.94 Å².